The number of carbonyl (C=O) groups is 2. The Morgan fingerprint density at radius 1 is 1.32 bits per heavy atom. The second kappa shape index (κ2) is 9.05. The maximum Gasteiger partial charge on any atom is 0.262 e. The molecule has 2 heterocycles. The van der Waals surface area contributed by atoms with Crippen LogP contribution in [-0.2, 0) is 24.3 Å². The highest BCUT2D eigenvalue weighted by atomic mass is 35.5. The molecule has 156 valence electrons. The van der Waals surface area contributed by atoms with E-state index in [4.69, 9.17) is 15.2 Å². The predicted octanol–water partition coefficient (Wildman–Crippen LogP) is -0.754. The molecule has 1 saturated heterocycles. The number of fused-ring (bicyclic) bond motifs is 1. The lowest BCUT2D eigenvalue weighted by molar-refractivity contribution is -0.135. The smallest absolute Gasteiger partial charge is 0.262 e. The molecule has 0 bridgehead atoms. The molecule has 1 atom stereocenters. The Bertz CT molecular complexity index is 842. The van der Waals surface area contributed by atoms with E-state index in [0.29, 0.717) is 11.4 Å². The van der Waals surface area contributed by atoms with Crippen LogP contribution < -0.4 is 15.8 Å². The van der Waals surface area contributed by atoms with Crippen molar-refractivity contribution in [1.82, 2.24) is 9.21 Å². The molecular formula is C16H23ClN4O6S. The predicted molar refractivity (Wildman–Crippen MR) is 103 cm³/mol. The molecule has 3 rings (SSSR count). The van der Waals surface area contributed by atoms with Crippen LogP contribution in [0.4, 0.5) is 5.69 Å². The Balaban J connectivity index is 0.00000280. The second-order valence-corrected chi connectivity index (χ2v) is 8.22. The van der Waals surface area contributed by atoms with E-state index in [9.17, 15) is 18.0 Å². The van der Waals surface area contributed by atoms with E-state index < -0.39 is 16.1 Å². The van der Waals surface area contributed by atoms with Crippen molar-refractivity contribution in [3.8, 4) is 5.75 Å². The highest BCUT2D eigenvalue weighted by Crippen LogP contribution is 2.31. The van der Waals surface area contributed by atoms with Crippen LogP contribution in [0.15, 0.2) is 23.1 Å². The van der Waals surface area contributed by atoms with Gasteiger partial charge in [0.15, 0.2) is 6.61 Å². The molecule has 2 aliphatic heterocycles. The number of rotatable bonds is 5. The van der Waals surface area contributed by atoms with Crippen LogP contribution in [0, 0.1) is 0 Å². The lowest BCUT2D eigenvalue weighted by Crippen LogP contribution is -2.55. The number of benzene rings is 1. The van der Waals surface area contributed by atoms with Crippen molar-refractivity contribution in [2.45, 2.75) is 10.9 Å². The molecule has 10 nitrogen and oxygen atoms in total. The maximum atomic E-state index is 12.9. The monoisotopic (exact) mass is 434 g/mol. The van der Waals surface area contributed by atoms with Gasteiger partial charge in [-0.2, -0.15) is 4.31 Å². The molecule has 1 fully saturated rings. The van der Waals surface area contributed by atoms with Crippen molar-refractivity contribution in [3.05, 3.63) is 18.2 Å². The van der Waals surface area contributed by atoms with Gasteiger partial charge in [0.2, 0.25) is 15.9 Å². The SMILES string of the molecule is COCC(N)C(=O)N1CCN(S(=O)(=O)c2ccc3c(c2)NC(=O)CO3)CC1.Cl. The number of piperazine rings is 1. The number of anilines is 1. The number of nitrogens with one attached hydrogen (secondary N) is 1. The standard InChI is InChI=1S/C16H22N4O6S.ClH/c1-25-9-12(17)16(22)19-4-6-20(7-5-19)27(23,24)11-2-3-14-13(8-11)18-15(21)10-26-14;/h2-3,8,12H,4-7,9-10,17H2,1H3,(H,18,21);1H. The Morgan fingerprint density at radius 3 is 2.64 bits per heavy atom. The molecule has 0 spiro atoms. The van der Waals surface area contributed by atoms with Crippen LogP contribution in [0.2, 0.25) is 0 Å². The highest BCUT2D eigenvalue weighted by molar-refractivity contribution is 7.89. The Labute approximate surface area is 169 Å². The van der Waals surface area contributed by atoms with Gasteiger partial charge < -0.3 is 25.4 Å². The van der Waals surface area contributed by atoms with Gasteiger partial charge in [0.05, 0.1) is 17.2 Å². The summed E-state index contributed by atoms with van der Waals surface area (Å²) in [5.74, 6) is -0.171. The fourth-order valence-corrected chi connectivity index (χ4v) is 4.45. The number of nitrogens with zero attached hydrogens (tertiary/aromatic N) is 2. The van der Waals surface area contributed by atoms with Crippen LogP contribution in [0.25, 0.3) is 0 Å². The van der Waals surface area contributed by atoms with Crippen molar-refractivity contribution in [3.63, 3.8) is 0 Å². The summed E-state index contributed by atoms with van der Waals surface area (Å²) in [5.41, 5.74) is 6.08. The van der Waals surface area contributed by atoms with Gasteiger partial charge >= 0.3 is 0 Å². The first-order valence-electron chi connectivity index (χ1n) is 8.43. The zero-order valence-electron chi connectivity index (χ0n) is 15.3. The molecule has 12 heteroatoms. The molecule has 3 N–H and O–H groups in total. The summed E-state index contributed by atoms with van der Waals surface area (Å²) in [6, 6.07) is 3.58. The van der Waals surface area contributed by atoms with E-state index >= 15 is 0 Å². The highest BCUT2D eigenvalue weighted by Gasteiger charge is 2.32. The van der Waals surface area contributed by atoms with Gasteiger partial charge in [-0.25, -0.2) is 8.42 Å². The number of hydrogen-bond donors (Lipinski definition) is 2. The van der Waals surface area contributed by atoms with Crippen molar-refractivity contribution in [1.29, 1.82) is 0 Å². The minimum atomic E-state index is -3.76. The third-order valence-corrected chi connectivity index (χ3v) is 6.33. The average molecular weight is 435 g/mol. The van der Waals surface area contributed by atoms with E-state index in [2.05, 4.69) is 5.32 Å². The van der Waals surface area contributed by atoms with Gasteiger partial charge in [-0.1, -0.05) is 0 Å². The van der Waals surface area contributed by atoms with Crippen molar-refractivity contribution in [2.24, 2.45) is 5.73 Å². The van der Waals surface area contributed by atoms with Crippen LogP contribution in [-0.4, -0.2) is 82.0 Å². The number of hydrogen-bond acceptors (Lipinski definition) is 7. The molecule has 0 radical (unpaired) electrons. The van der Waals surface area contributed by atoms with Gasteiger partial charge in [-0.3, -0.25) is 9.59 Å². The van der Waals surface area contributed by atoms with Gasteiger partial charge in [-0.05, 0) is 18.2 Å². The first-order valence-corrected chi connectivity index (χ1v) is 9.87. The van der Waals surface area contributed by atoms with E-state index in [-0.39, 0.29) is 68.5 Å². The number of sulfonamides is 1. The van der Waals surface area contributed by atoms with Gasteiger partial charge in [0, 0.05) is 33.3 Å². The number of methoxy groups -OCH3 is 1. The lowest BCUT2D eigenvalue weighted by Gasteiger charge is -2.35. The van der Waals surface area contributed by atoms with Crippen molar-refractivity contribution >= 4 is 39.9 Å². The molecule has 2 aliphatic rings. The minimum Gasteiger partial charge on any atom is -0.482 e. The average Bonchev–Trinajstić information content (AvgIpc) is 2.67. The molecule has 1 aromatic rings. The zero-order valence-corrected chi connectivity index (χ0v) is 16.9. The Kier molecular flexibility index (Phi) is 7.23. The molecule has 0 saturated carbocycles. The third kappa shape index (κ3) is 4.55. The summed E-state index contributed by atoms with van der Waals surface area (Å²) >= 11 is 0. The topological polar surface area (TPSA) is 131 Å². The number of carbonyl (C=O) groups excluding carboxylic acids is 2. The third-order valence-electron chi connectivity index (χ3n) is 4.44. The summed E-state index contributed by atoms with van der Waals surface area (Å²) < 4.78 is 37.2. The Morgan fingerprint density at radius 2 is 2.00 bits per heavy atom. The van der Waals surface area contributed by atoms with Crippen LogP contribution in [0.3, 0.4) is 0 Å². The quantitative estimate of drug-likeness (QED) is 0.623. The van der Waals surface area contributed by atoms with Crippen LogP contribution >= 0.6 is 12.4 Å². The maximum absolute atomic E-state index is 12.9. The molecule has 0 aromatic heterocycles. The molecule has 2 amide bonds. The molecule has 0 aliphatic carbocycles. The van der Waals surface area contributed by atoms with Crippen LogP contribution in [0.1, 0.15) is 0 Å². The fourth-order valence-electron chi connectivity index (χ4n) is 3.01. The normalized spacial score (nSPS) is 18.4. The molecular weight excluding hydrogens is 412 g/mol. The van der Waals surface area contributed by atoms with Gasteiger partial charge in [0.25, 0.3) is 5.91 Å². The van der Waals surface area contributed by atoms with Crippen LogP contribution in [0.5, 0.6) is 5.75 Å². The summed E-state index contributed by atoms with van der Waals surface area (Å²) in [6.45, 7) is 0.836. The Hall–Kier alpha value is -1.92. The number of halogens is 1. The first kappa shape index (κ1) is 22.4. The number of nitrogens with two attached hydrogens (primary N) is 1. The van der Waals surface area contributed by atoms with Gasteiger partial charge in [-0.15, -0.1) is 12.4 Å². The summed E-state index contributed by atoms with van der Waals surface area (Å²) in [5, 5.41) is 2.60. The first-order chi connectivity index (χ1) is 12.8. The zero-order chi connectivity index (χ0) is 19.6. The number of amides is 2. The van der Waals surface area contributed by atoms with Gasteiger partial charge in [0.1, 0.15) is 11.8 Å². The minimum absolute atomic E-state index is 0. The lowest BCUT2D eigenvalue weighted by atomic mass is 10.2. The fraction of sp³-hybridized carbons (Fsp3) is 0.500. The van der Waals surface area contributed by atoms with Crippen molar-refractivity contribution in [2.75, 3.05) is 51.8 Å². The molecule has 28 heavy (non-hydrogen) atoms. The van der Waals surface area contributed by atoms with E-state index in [1.807, 2.05) is 0 Å². The largest absolute Gasteiger partial charge is 0.482 e. The van der Waals surface area contributed by atoms with Crippen molar-refractivity contribution < 1.29 is 27.5 Å². The van der Waals surface area contributed by atoms with E-state index in [1.54, 1.807) is 0 Å². The second-order valence-electron chi connectivity index (χ2n) is 6.29. The van der Waals surface area contributed by atoms with E-state index in [1.165, 1.54) is 34.5 Å². The summed E-state index contributed by atoms with van der Waals surface area (Å²) in [6.07, 6.45) is 0. The number of ether oxygens (including phenoxy) is 2. The molecule has 1 aromatic carbocycles. The summed E-state index contributed by atoms with van der Waals surface area (Å²) in [7, 11) is -2.30. The summed E-state index contributed by atoms with van der Waals surface area (Å²) in [4.78, 5) is 25.2. The van der Waals surface area contributed by atoms with E-state index in [0.717, 1.165) is 0 Å². The molecule has 1 unspecified atom stereocenters.